The minimum atomic E-state index is -0.310. The van der Waals surface area contributed by atoms with Gasteiger partial charge in [0.2, 0.25) is 0 Å². The molecule has 1 aromatic rings. The Balaban J connectivity index is 2.63. The molecular weight excluding hydrogens is 204 g/mol. The van der Waals surface area contributed by atoms with Crippen LogP contribution in [-0.4, -0.2) is 17.6 Å². The van der Waals surface area contributed by atoms with Gasteiger partial charge in [-0.15, -0.1) is 0 Å². The first kappa shape index (κ1) is 12.1. The molecule has 1 aromatic heterocycles. The first-order chi connectivity index (χ1) is 7.63. The van der Waals surface area contributed by atoms with Crippen molar-refractivity contribution in [2.45, 2.75) is 20.3 Å². The molecular formula is C12H14N2O2. The summed E-state index contributed by atoms with van der Waals surface area (Å²) in [4.78, 5) is 15.0. The molecule has 0 saturated heterocycles. The monoisotopic (exact) mass is 218 g/mol. The fourth-order valence-corrected chi connectivity index (χ4v) is 1.08. The number of hydrogen-bond acceptors (Lipinski definition) is 4. The Hall–Kier alpha value is -2.02. The van der Waals surface area contributed by atoms with Crippen LogP contribution in [0, 0.1) is 18.8 Å². The normalized spacial score (nSPS) is 9.12. The first-order valence-corrected chi connectivity index (χ1v) is 5.00. The van der Waals surface area contributed by atoms with Crippen molar-refractivity contribution in [1.82, 2.24) is 4.98 Å². The van der Waals surface area contributed by atoms with Gasteiger partial charge in [-0.3, -0.25) is 4.79 Å². The topological polar surface area (TPSA) is 65.2 Å². The van der Waals surface area contributed by atoms with Crippen molar-refractivity contribution in [2.24, 2.45) is 0 Å². The van der Waals surface area contributed by atoms with Gasteiger partial charge >= 0.3 is 5.97 Å². The summed E-state index contributed by atoms with van der Waals surface area (Å²) in [6.45, 7) is 4.00. The number of aromatic nitrogens is 1. The van der Waals surface area contributed by atoms with E-state index in [-0.39, 0.29) is 12.4 Å². The van der Waals surface area contributed by atoms with Crippen LogP contribution < -0.4 is 5.73 Å². The number of pyridine rings is 1. The van der Waals surface area contributed by atoms with Gasteiger partial charge in [0, 0.05) is 11.8 Å². The summed E-state index contributed by atoms with van der Waals surface area (Å²) in [6.07, 6.45) is 1.68. The van der Waals surface area contributed by atoms with E-state index in [0.717, 1.165) is 11.1 Å². The third-order valence-electron chi connectivity index (χ3n) is 1.89. The van der Waals surface area contributed by atoms with E-state index in [2.05, 4.69) is 16.8 Å². The standard InChI is InChI=1S/C12H14N2O2/c1-3-16-11(15)6-4-5-10-7-9(2)12(13)14-8-10/h7-8H,3,6H2,1-2H3,(H2,13,14). The van der Waals surface area contributed by atoms with Crippen LogP contribution in [0.2, 0.25) is 0 Å². The Morgan fingerprint density at radius 1 is 1.62 bits per heavy atom. The van der Waals surface area contributed by atoms with E-state index in [4.69, 9.17) is 10.5 Å². The molecule has 2 N–H and O–H groups in total. The second-order valence-corrected chi connectivity index (χ2v) is 3.21. The molecule has 0 fully saturated rings. The Morgan fingerprint density at radius 3 is 3.00 bits per heavy atom. The van der Waals surface area contributed by atoms with Crippen LogP contribution in [0.15, 0.2) is 12.3 Å². The number of nitrogen functional groups attached to an aromatic ring is 1. The average molecular weight is 218 g/mol. The van der Waals surface area contributed by atoms with E-state index in [9.17, 15) is 4.79 Å². The number of nitrogens with two attached hydrogens (primary N) is 1. The van der Waals surface area contributed by atoms with Crippen LogP contribution in [0.5, 0.6) is 0 Å². The highest BCUT2D eigenvalue weighted by atomic mass is 16.5. The Bertz CT molecular complexity index is 444. The van der Waals surface area contributed by atoms with Crippen molar-refractivity contribution >= 4 is 11.8 Å². The predicted octanol–water partition coefficient (Wildman–Crippen LogP) is 1.28. The Labute approximate surface area is 94.8 Å². The summed E-state index contributed by atoms with van der Waals surface area (Å²) >= 11 is 0. The second kappa shape index (κ2) is 5.76. The van der Waals surface area contributed by atoms with Crippen LogP contribution in [0.25, 0.3) is 0 Å². The maximum Gasteiger partial charge on any atom is 0.317 e. The highest BCUT2D eigenvalue weighted by molar-refractivity contribution is 5.72. The molecule has 4 nitrogen and oxygen atoms in total. The maximum absolute atomic E-state index is 11.0. The van der Waals surface area contributed by atoms with Gasteiger partial charge in [-0.1, -0.05) is 11.8 Å². The molecule has 1 rings (SSSR count). The summed E-state index contributed by atoms with van der Waals surface area (Å²) in [6, 6.07) is 1.83. The number of esters is 1. The number of anilines is 1. The zero-order valence-electron chi connectivity index (χ0n) is 9.41. The molecule has 0 unspecified atom stereocenters. The van der Waals surface area contributed by atoms with Gasteiger partial charge in [-0.05, 0) is 25.5 Å². The molecule has 0 bridgehead atoms. The summed E-state index contributed by atoms with van der Waals surface area (Å²) < 4.78 is 4.75. The molecule has 84 valence electrons. The average Bonchev–Trinajstić information content (AvgIpc) is 2.24. The Kier molecular flexibility index (Phi) is 4.34. The zero-order chi connectivity index (χ0) is 12.0. The van der Waals surface area contributed by atoms with Gasteiger partial charge in [0.15, 0.2) is 0 Å². The molecule has 0 amide bonds. The number of ether oxygens (including phenoxy) is 1. The molecule has 1 heterocycles. The lowest BCUT2D eigenvalue weighted by Crippen LogP contribution is -2.01. The quantitative estimate of drug-likeness (QED) is 0.599. The lowest BCUT2D eigenvalue weighted by Gasteiger charge is -1.98. The van der Waals surface area contributed by atoms with Gasteiger partial charge in [0.25, 0.3) is 0 Å². The van der Waals surface area contributed by atoms with E-state index in [1.165, 1.54) is 0 Å². The van der Waals surface area contributed by atoms with Gasteiger partial charge in [-0.25, -0.2) is 4.98 Å². The smallest absolute Gasteiger partial charge is 0.317 e. The molecule has 4 heteroatoms. The minimum absolute atomic E-state index is 0.0945. The molecule has 0 aromatic carbocycles. The third-order valence-corrected chi connectivity index (χ3v) is 1.89. The first-order valence-electron chi connectivity index (χ1n) is 5.00. The van der Waals surface area contributed by atoms with Crippen molar-refractivity contribution in [3.63, 3.8) is 0 Å². The van der Waals surface area contributed by atoms with Crippen LogP contribution in [0.3, 0.4) is 0 Å². The van der Waals surface area contributed by atoms with Crippen LogP contribution >= 0.6 is 0 Å². The third kappa shape index (κ3) is 3.62. The predicted molar refractivity (Wildman–Crippen MR) is 61.5 cm³/mol. The number of nitrogens with zero attached hydrogens (tertiary/aromatic N) is 1. The second-order valence-electron chi connectivity index (χ2n) is 3.21. The van der Waals surface area contributed by atoms with Crippen LogP contribution in [0.1, 0.15) is 24.5 Å². The van der Waals surface area contributed by atoms with Crippen molar-refractivity contribution in [3.05, 3.63) is 23.4 Å². The highest BCUT2D eigenvalue weighted by Crippen LogP contribution is 2.07. The van der Waals surface area contributed by atoms with Gasteiger partial charge in [0.05, 0.1) is 6.61 Å². The van der Waals surface area contributed by atoms with Crippen molar-refractivity contribution in [3.8, 4) is 11.8 Å². The molecule has 0 aliphatic carbocycles. The fraction of sp³-hybridized carbons (Fsp3) is 0.333. The largest absolute Gasteiger partial charge is 0.465 e. The van der Waals surface area contributed by atoms with E-state index in [0.29, 0.717) is 12.4 Å². The molecule has 0 radical (unpaired) electrons. The highest BCUT2D eigenvalue weighted by Gasteiger charge is 1.97. The summed E-state index contributed by atoms with van der Waals surface area (Å²) in [5.41, 5.74) is 7.20. The van der Waals surface area contributed by atoms with Crippen molar-refractivity contribution in [2.75, 3.05) is 12.3 Å². The summed E-state index contributed by atoms with van der Waals surface area (Å²) in [7, 11) is 0. The number of rotatable bonds is 2. The number of aryl methyl sites for hydroxylation is 1. The van der Waals surface area contributed by atoms with E-state index in [1.807, 2.05) is 13.0 Å². The van der Waals surface area contributed by atoms with E-state index >= 15 is 0 Å². The van der Waals surface area contributed by atoms with Crippen molar-refractivity contribution < 1.29 is 9.53 Å². The fourth-order valence-electron chi connectivity index (χ4n) is 1.08. The molecule has 16 heavy (non-hydrogen) atoms. The lowest BCUT2D eigenvalue weighted by atomic mass is 10.2. The Morgan fingerprint density at radius 2 is 2.38 bits per heavy atom. The number of carbonyl (C=O) groups excluding carboxylic acids is 1. The zero-order valence-corrected chi connectivity index (χ0v) is 9.41. The van der Waals surface area contributed by atoms with Gasteiger partial charge in [0.1, 0.15) is 12.2 Å². The number of hydrogen-bond donors (Lipinski definition) is 1. The van der Waals surface area contributed by atoms with Gasteiger partial charge < -0.3 is 10.5 Å². The number of carbonyl (C=O) groups is 1. The van der Waals surface area contributed by atoms with Crippen LogP contribution in [-0.2, 0) is 9.53 Å². The summed E-state index contributed by atoms with van der Waals surface area (Å²) in [5, 5.41) is 0. The lowest BCUT2D eigenvalue weighted by molar-refractivity contribution is -0.141. The molecule has 0 saturated carbocycles. The van der Waals surface area contributed by atoms with Crippen LogP contribution in [0.4, 0.5) is 5.82 Å². The van der Waals surface area contributed by atoms with Gasteiger partial charge in [-0.2, -0.15) is 0 Å². The van der Waals surface area contributed by atoms with E-state index < -0.39 is 0 Å². The molecule has 0 aliphatic rings. The minimum Gasteiger partial charge on any atom is -0.465 e. The molecule has 0 aliphatic heterocycles. The SMILES string of the molecule is CCOC(=O)CC#Cc1cnc(N)c(C)c1. The molecule has 0 spiro atoms. The molecule has 0 atom stereocenters. The van der Waals surface area contributed by atoms with Crippen molar-refractivity contribution in [1.29, 1.82) is 0 Å². The summed E-state index contributed by atoms with van der Waals surface area (Å²) in [5.74, 6) is 5.75. The van der Waals surface area contributed by atoms with E-state index in [1.54, 1.807) is 13.1 Å². The maximum atomic E-state index is 11.0.